The first kappa shape index (κ1) is 39.5. The van der Waals surface area contributed by atoms with E-state index in [0.29, 0.717) is 0 Å². The third-order valence-corrected chi connectivity index (χ3v) is 8.72. The number of benzene rings is 4. The first-order chi connectivity index (χ1) is 20.0. The summed E-state index contributed by atoms with van der Waals surface area (Å²) >= 11 is 0. The van der Waals surface area contributed by atoms with Gasteiger partial charge in [-0.1, -0.05) is 152 Å². The van der Waals surface area contributed by atoms with Gasteiger partial charge in [-0.2, -0.15) is 17.7 Å². The molecule has 234 valence electrons. The van der Waals surface area contributed by atoms with Gasteiger partial charge in [-0.15, -0.1) is 16.7 Å². The van der Waals surface area contributed by atoms with Gasteiger partial charge in [0.25, 0.3) is 0 Å². The topological polar surface area (TPSA) is 0 Å². The summed E-state index contributed by atoms with van der Waals surface area (Å²) in [4.78, 5) is 0. The van der Waals surface area contributed by atoms with Gasteiger partial charge in [-0.05, 0) is 63.0 Å². The molecule has 0 heterocycles. The molecule has 0 bridgehead atoms. The molecule has 2 aliphatic carbocycles. The molecule has 0 fully saturated rings. The number of hydrogen-bond acceptors (Lipinski definition) is 0. The molecule has 2 aliphatic rings. The fourth-order valence-corrected chi connectivity index (χ4v) is 6.81. The van der Waals surface area contributed by atoms with Gasteiger partial charge in [0.1, 0.15) is 0 Å². The van der Waals surface area contributed by atoms with E-state index < -0.39 is 0 Å². The second-order valence-corrected chi connectivity index (χ2v) is 15.3. The van der Waals surface area contributed by atoms with E-state index in [1.165, 1.54) is 61.2 Å². The molecule has 0 aromatic heterocycles. The fourth-order valence-electron chi connectivity index (χ4n) is 6.81. The van der Waals surface area contributed by atoms with Crippen molar-refractivity contribution in [2.45, 2.75) is 97.6 Å². The molecule has 1 atom stereocenters. The summed E-state index contributed by atoms with van der Waals surface area (Å²) in [6.45, 7) is 20.7. The van der Waals surface area contributed by atoms with Crippen LogP contribution in [-0.4, -0.2) is 9.52 Å². The Morgan fingerprint density at radius 1 is 0.800 bits per heavy atom. The van der Waals surface area contributed by atoms with Gasteiger partial charge >= 0.3 is 26.2 Å². The summed E-state index contributed by atoms with van der Waals surface area (Å²) in [5.74, 6) is 0.278. The number of allylic oxidation sites excluding steroid dienone is 1. The van der Waals surface area contributed by atoms with Crippen molar-refractivity contribution < 1.29 is 51.0 Å². The largest absolute Gasteiger partial charge is 3.00 e. The monoisotopic (exact) mass is 728 g/mol. The molecule has 0 aliphatic heterocycles. The Bertz CT molecular complexity index is 1620. The molecule has 0 spiro atoms. The van der Waals surface area contributed by atoms with Crippen LogP contribution in [0.25, 0.3) is 28.3 Å². The Morgan fingerprint density at radius 2 is 1.47 bits per heavy atom. The van der Waals surface area contributed by atoms with Crippen molar-refractivity contribution in [3.05, 3.63) is 123 Å². The van der Waals surface area contributed by atoms with E-state index in [9.17, 15) is 0 Å². The van der Waals surface area contributed by atoms with E-state index in [2.05, 4.69) is 146 Å². The predicted octanol–water partition coefficient (Wildman–Crippen LogP) is 5.17. The van der Waals surface area contributed by atoms with Crippen molar-refractivity contribution in [2.24, 2.45) is 0 Å². The summed E-state index contributed by atoms with van der Waals surface area (Å²) in [5, 5.41) is 0. The molecule has 0 N–H and O–H groups in total. The smallest absolute Gasteiger partial charge is 1.00 e. The maximum absolute atomic E-state index is 3.85. The Balaban J connectivity index is 0.00000113. The third kappa shape index (κ3) is 7.89. The molecule has 6 rings (SSSR count). The van der Waals surface area contributed by atoms with E-state index >= 15 is 0 Å². The number of halogens is 2. The second kappa shape index (κ2) is 15.9. The Kier molecular flexibility index (Phi) is 14.0. The first-order valence-corrected chi connectivity index (χ1v) is 18.1. The summed E-state index contributed by atoms with van der Waals surface area (Å²) < 4.78 is 0. The summed E-state index contributed by atoms with van der Waals surface area (Å²) in [6, 6.07) is 31.2. The maximum atomic E-state index is 3.85. The molecule has 0 amide bonds. The van der Waals surface area contributed by atoms with Crippen LogP contribution in [0.5, 0.6) is 0 Å². The van der Waals surface area contributed by atoms with Crippen LogP contribution in [0.4, 0.5) is 0 Å². The molecule has 45 heavy (non-hydrogen) atoms. The van der Waals surface area contributed by atoms with Crippen LogP contribution in [0.15, 0.2) is 78.4 Å². The van der Waals surface area contributed by atoms with Crippen LogP contribution in [-0.2, 0) is 43.5 Å². The van der Waals surface area contributed by atoms with Gasteiger partial charge in [0.15, 0.2) is 0 Å². The molecule has 4 aromatic carbocycles. The molecule has 0 saturated heterocycles. The molecular formula is C41H48Cl2SiZr. The van der Waals surface area contributed by atoms with E-state index in [1.807, 2.05) is 0 Å². The van der Waals surface area contributed by atoms with Gasteiger partial charge in [-0.25, -0.2) is 0 Å². The Hall–Kier alpha value is -1.70. The van der Waals surface area contributed by atoms with E-state index in [-0.39, 0.29) is 67.8 Å². The number of hydrogen-bond donors (Lipinski definition) is 0. The minimum Gasteiger partial charge on any atom is -1.00 e. The van der Waals surface area contributed by atoms with Crippen molar-refractivity contribution in [1.82, 2.24) is 0 Å². The van der Waals surface area contributed by atoms with Crippen molar-refractivity contribution in [1.29, 1.82) is 0 Å². The fraction of sp³-hybridized carbons (Fsp3) is 0.366. The van der Waals surface area contributed by atoms with E-state index in [1.54, 1.807) is 5.57 Å². The van der Waals surface area contributed by atoms with Gasteiger partial charge in [0, 0.05) is 9.52 Å². The second-order valence-electron chi connectivity index (χ2n) is 14.2. The zero-order chi connectivity index (χ0) is 30.2. The molecule has 0 nitrogen and oxygen atoms in total. The molecule has 0 saturated carbocycles. The average Bonchev–Trinajstić information content (AvgIpc) is 3.50. The zero-order valence-corrected chi connectivity index (χ0v) is 33.7. The van der Waals surface area contributed by atoms with Crippen LogP contribution in [0, 0.1) is 6.07 Å². The van der Waals surface area contributed by atoms with Gasteiger partial charge in [0.05, 0.1) is 0 Å². The minimum absolute atomic E-state index is 0. The first-order valence-electron chi connectivity index (χ1n) is 15.8. The number of rotatable bonds is 4. The predicted molar refractivity (Wildman–Crippen MR) is 186 cm³/mol. The van der Waals surface area contributed by atoms with Gasteiger partial charge in [0.2, 0.25) is 0 Å². The van der Waals surface area contributed by atoms with Crippen molar-refractivity contribution >= 4 is 15.6 Å². The van der Waals surface area contributed by atoms with E-state index in [0.717, 1.165) is 28.8 Å². The molecule has 4 heteroatoms. The molecular weight excluding hydrogens is 683 g/mol. The molecule has 4 aromatic rings. The minimum atomic E-state index is 0. The molecule has 1 unspecified atom stereocenters. The third-order valence-electron chi connectivity index (χ3n) is 8.72. The van der Waals surface area contributed by atoms with Crippen LogP contribution in [0.3, 0.4) is 0 Å². The van der Waals surface area contributed by atoms with Crippen molar-refractivity contribution in [2.75, 3.05) is 0 Å². The van der Waals surface area contributed by atoms with Crippen LogP contribution >= 0.6 is 0 Å². The van der Waals surface area contributed by atoms with Gasteiger partial charge < -0.3 is 24.8 Å². The normalized spacial score (nSPS) is 14.3. The summed E-state index contributed by atoms with van der Waals surface area (Å²) in [7, 11) is 0.750. The quantitative estimate of drug-likeness (QED) is 0.177. The summed E-state index contributed by atoms with van der Waals surface area (Å²) in [6.07, 6.45) is 5.79. The molecule has 2 radical (unpaired) electrons. The summed E-state index contributed by atoms with van der Waals surface area (Å²) in [5.41, 5.74) is 17.3. The van der Waals surface area contributed by atoms with Crippen molar-refractivity contribution in [3.63, 3.8) is 0 Å². The van der Waals surface area contributed by atoms with Crippen LogP contribution < -0.4 is 24.8 Å². The van der Waals surface area contributed by atoms with Crippen LogP contribution in [0.2, 0.25) is 13.1 Å². The van der Waals surface area contributed by atoms with Crippen molar-refractivity contribution in [3.8, 4) is 22.3 Å². The Labute approximate surface area is 307 Å². The standard InChI is InChI=1S/C39H41.C2H7Si.2ClH.Zr/c1-8-13-26-23-33-29(25-14-10-9-11-15-25)16-12-17-32(33)36(26)37-34-24-27-22-28(38(2,3)4)18-19-30(27)31(34)20-21-35(37)39(5,6)7;1-3-2;;;/h9-12,14-20,22-23,36H,8,13,24H2,1-7H3;3H,1-2H3;2*1H;/q-1;;;;+3/p-2. The maximum Gasteiger partial charge on any atom is 3.00 e. The number of fused-ring (bicyclic) bond motifs is 4. The van der Waals surface area contributed by atoms with Gasteiger partial charge in [-0.3, -0.25) is 0 Å². The average molecular weight is 731 g/mol. The zero-order valence-electron chi connectivity index (χ0n) is 28.5. The van der Waals surface area contributed by atoms with Crippen LogP contribution in [0.1, 0.15) is 106 Å². The Morgan fingerprint density at radius 3 is 2.07 bits per heavy atom. The SMILES string of the molecule is CCCC1=Cc2c(-c3ccccc3)cccc2C1c1c(C(C)(C)C)[c-]cc2c1Cc1cc(C(C)(C)C)ccc1-2.C[SiH]C.[Cl-].[Cl-].[Zr+3]. The van der Waals surface area contributed by atoms with E-state index in [4.69, 9.17) is 0 Å².